The van der Waals surface area contributed by atoms with Gasteiger partial charge in [-0.15, -0.1) is 0 Å². The van der Waals surface area contributed by atoms with Gasteiger partial charge in [-0.1, -0.05) is 30.3 Å². The molecule has 0 bridgehead atoms. The van der Waals surface area contributed by atoms with Crippen LogP contribution in [0.5, 0.6) is 0 Å². The standard InChI is InChI=1S/C20H24O6/c1-20-8-7-14-18(13(21)10-22-14)25-17(20)9-15-16(26-20)11-23-19(24-15)12-5-3-2-4-6-12/h2-6,14-19H,7-11H2,1H3/t14-,15+,16-,17-,18+,19-,20+/m1/s1. The topological polar surface area (TPSA) is 63.2 Å². The van der Waals surface area contributed by atoms with E-state index in [-0.39, 0.29) is 43.1 Å². The van der Waals surface area contributed by atoms with Crippen molar-refractivity contribution in [2.75, 3.05) is 13.2 Å². The average Bonchev–Trinajstić information content (AvgIpc) is 2.93. The summed E-state index contributed by atoms with van der Waals surface area (Å²) in [6.07, 6.45) is 0.864. The van der Waals surface area contributed by atoms with Gasteiger partial charge in [-0.3, -0.25) is 4.79 Å². The summed E-state index contributed by atoms with van der Waals surface area (Å²) in [6, 6.07) is 9.92. The number of carbonyl (C=O) groups is 1. The quantitative estimate of drug-likeness (QED) is 0.765. The van der Waals surface area contributed by atoms with Gasteiger partial charge in [0.25, 0.3) is 0 Å². The van der Waals surface area contributed by atoms with Crippen LogP contribution in [0.2, 0.25) is 0 Å². The minimum Gasteiger partial charge on any atom is -0.367 e. The van der Waals surface area contributed by atoms with Crippen molar-refractivity contribution in [1.82, 2.24) is 0 Å². The highest BCUT2D eigenvalue weighted by molar-refractivity contribution is 5.86. The number of carbonyl (C=O) groups excluding carboxylic acids is 1. The van der Waals surface area contributed by atoms with Gasteiger partial charge in [0.1, 0.15) is 18.8 Å². The zero-order valence-corrected chi connectivity index (χ0v) is 14.8. The van der Waals surface area contributed by atoms with Gasteiger partial charge in [0.05, 0.1) is 30.5 Å². The summed E-state index contributed by atoms with van der Waals surface area (Å²) in [4.78, 5) is 12.1. The highest BCUT2D eigenvalue weighted by Crippen LogP contribution is 2.44. The summed E-state index contributed by atoms with van der Waals surface area (Å²) in [5.74, 6) is 0.0384. The normalized spacial score (nSPS) is 45.3. The summed E-state index contributed by atoms with van der Waals surface area (Å²) >= 11 is 0. The first-order valence-electron chi connectivity index (χ1n) is 9.42. The number of ketones is 1. The number of Topliss-reactive ketones (excluding diaryl/α,β-unsaturated/α-hetero) is 1. The molecule has 0 amide bonds. The molecule has 1 aromatic carbocycles. The molecule has 0 aromatic heterocycles. The monoisotopic (exact) mass is 360 g/mol. The summed E-state index contributed by atoms with van der Waals surface area (Å²) < 4.78 is 30.4. The van der Waals surface area contributed by atoms with E-state index in [0.29, 0.717) is 13.0 Å². The molecule has 0 unspecified atom stereocenters. The number of fused-ring (bicyclic) bond motifs is 3. The fourth-order valence-corrected chi connectivity index (χ4v) is 4.55. The highest BCUT2D eigenvalue weighted by atomic mass is 16.7. The van der Waals surface area contributed by atoms with Crippen LogP contribution in [0.25, 0.3) is 0 Å². The van der Waals surface area contributed by atoms with Gasteiger partial charge in [0, 0.05) is 12.0 Å². The van der Waals surface area contributed by atoms with Gasteiger partial charge in [-0.05, 0) is 19.8 Å². The van der Waals surface area contributed by atoms with E-state index < -0.39 is 11.7 Å². The Morgan fingerprint density at radius 3 is 2.73 bits per heavy atom. The van der Waals surface area contributed by atoms with Crippen LogP contribution in [0.3, 0.4) is 0 Å². The Morgan fingerprint density at radius 1 is 1.04 bits per heavy atom. The number of benzene rings is 1. The molecule has 6 nitrogen and oxygen atoms in total. The van der Waals surface area contributed by atoms with Crippen molar-refractivity contribution in [2.45, 2.75) is 68.6 Å². The van der Waals surface area contributed by atoms with Crippen molar-refractivity contribution in [2.24, 2.45) is 0 Å². The van der Waals surface area contributed by atoms with E-state index in [4.69, 9.17) is 23.7 Å². The lowest BCUT2D eigenvalue weighted by Crippen LogP contribution is -2.59. The molecule has 0 radical (unpaired) electrons. The molecule has 7 atom stereocenters. The minimum absolute atomic E-state index is 0.0384. The van der Waals surface area contributed by atoms with E-state index in [1.165, 1.54) is 0 Å². The molecular weight excluding hydrogens is 336 g/mol. The summed E-state index contributed by atoms with van der Waals surface area (Å²) in [7, 11) is 0. The van der Waals surface area contributed by atoms with Gasteiger partial charge < -0.3 is 23.7 Å². The second kappa shape index (κ2) is 6.39. The van der Waals surface area contributed by atoms with Crippen molar-refractivity contribution >= 4 is 5.78 Å². The first-order valence-corrected chi connectivity index (χ1v) is 9.42. The van der Waals surface area contributed by atoms with Crippen LogP contribution in [0.1, 0.15) is 38.0 Å². The molecule has 4 heterocycles. The largest absolute Gasteiger partial charge is 0.367 e. The fourth-order valence-electron chi connectivity index (χ4n) is 4.55. The molecule has 4 saturated heterocycles. The zero-order chi connectivity index (χ0) is 17.7. The van der Waals surface area contributed by atoms with E-state index in [9.17, 15) is 4.79 Å². The molecule has 140 valence electrons. The molecule has 4 aliphatic heterocycles. The highest BCUT2D eigenvalue weighted by Gasteiger charge is 2.54. The first-order chi connectivity index (χ1) is 12.6. The Kier molecular flexibility index (Phi) is 4.14. The number of ether oxygens (including phenoxy) is 5. The molecule has 5 rings (SSSR count). The smallest absolute Gasteiger partial charge is 0.189 e. The molecule has 0 spiro atoms. The summed E-state index contributed by atoms with van der Waals surface area (Å²) in [5, 5.41) is 0. The van der Waals surface area contributed by atoms with E-state index in [1.807, 2.05) is 30.3 Å². The van der Waals surface area contributed by atoms with Crippen LogP contribution in [-0.4, -0.2) is 55.1 Å². The van der Waals surface area contributed by atoms with Crippen LogP contribution in [0.15, 0.2) is 30.3 Å². The average molecular weight is 360 g/mol. The van der Waals surface area contributed by atoms with Gasteiger partial charge in [0.2, 0.25) is 0 Å². The Bertz CT molecular complexity index is 678. The first kappa shape index (κ1) is 16.8. The predicted octanol–water partition coefficient (Wildman–Crippen LogP) is 2.16. The van der Waals surface area contributed by atoms with Crippen molar-refractivity contribution in [3.05, 3.63) is 35.9 Å². The van der Waals surface area contributed by atoms with E-state index >= 15 is 0 Å². The van der Waals surface area contributed by atoms with E-state index in [0.717, 1.165) is 18.4 Å². The molecule has 0 saturated carbocycles. The van der Waals surface area contributed by atoms with E-state index in [2.05, 4.69) is 6.92 Å². The third-order valence-electron chi connectivity index (χ3n) is 6.08. The Labute approximate surface area is 152 Å². The molecule has 0 aliphatic carbocycles. The Morgan fingerprint density at radius 2 is 1.88 bits per heavy atom. The molecular formula is C20H24O6. The lowest BCUT2D eigenvalue weighted by atomic mass is 9.84. The second-order valence-corrected chi connectivity index (χ2v) is 7.85. The zero-order valence-electron chi connectivity index (χ0n) is 14.8. The number of hydrogen-bond donors (Lipinski definition) is 0. The number of rotatable bonds is 1. The molecule has 1 aromatic rings. The van der Waals surface area contributed by atoms with Gasteiger partial charge >= 0.3 is 0 Å². The molecule has 6 heteroatoms. The third kappa shape index (κ3) is 2.80. The lowest BCUT2D eigenvalue weighted by molar-refractivity contribution is -0.325. The molecule has 4 fully saturated rings. The van der Waals surface area contributed by atoms with Crippen LogP contribution < -0.4 is 0 Å². The van der Waals surface area contributed by atoms with Gasteiger partial charge in [0.15, 0.2) is 12.1 Å². The Hall–Kier alpha value is -1.31. The van der Waals surface area contributed by atoms with Crippen molar-refractivity contribution in [3.63, 3.8) is 0 Å². The van der Waals surface area contributed by atoms with Gasteiger partial charge in [-0.25, -0.2) is 0 Å². The predicted molar refractivity (Wildman–Crippen MR) is 90.5 cm³/mol. The SMILES string of the molecule is C[C@]12CC[C@H]3OCC(=O)[C@@H]3O[C@@H]1C[C@@H]1O[C@H](c3ccccc3)OC[C@H]1O2. The molecule has 0 N–H and O–H groups in total. The van der Waals surface area contributed by atoms with Crippen LogP contribution >= 0.6 is 0 Å². The van der Waals surface area contributed by atoms with Crippen LogP contribution in [0.4, 0.5) is 0 Å². The molecule has 26 heavy (non-hydrogen) atoms. The maximum Gasteiger partial charge on any atom is 0.189 e. The fraction of sp³-hybridized carbons (Fsp3) is 0.650. The van der Waals surface area contributed by atoms with Crippen molar-refractivity contribution in [3.8, 4) is 0 Å². The maximum absolute atomic E-state index is 12.1. The Balaban J connectivity index is 1.35. The minimum atomic E-state index is -0.466. The summed E-state index contributed by atoms with van der Waals surface area (Å²) in [5.41, 5.74) is 0.557. The summed E-state index contributed by atoms with van der Waals surface area (Å²) in [6.45, 7) is 2.73. The van der Waals surface area contributed by atoms with Gasteiger partial charge in [-0.2, -0.15) is 0 Å². The van der Waals surface area contributed by atoms with Crippen molar-refractivity contribution < 1.29 is 28.5 Å². The van der Waals surface area contributed by atoms with Crippen LogP contribution in [0, 0.1) is 0 Å². The van der Waals surface area contributed by atoms with Crippen molar-refractivity contribution in [1.29, 1.82) is 0 Å². The maximum atomic E-state index is 12.1. The lowest BCUT2D eigenvalue weighted by Gasteiger charge is -2.50. The third-order valence-corrected chi connectivity index (χ3v) is 6.08. The van der Waals surface area contributed by atoms with Crippen LogP contribution in [-0.2, 0) is 28.5 Å². The molecule has 4 aliphatic rings. The number of hydrogen-bond acceptors (Lipinski definition) is 6. The van der Waals surface area contributed by atoms with E-state index in [1.54, 1.807) is 0 Å². The second-order valence-electron chi connectivity index (χ2n) is 7.85.